The monoisotopic (exact) mass is 462 g/mol. The van der Waals surface area contributed by atoms with Crippen molar-refractivity contribution in [3.63, 3.8) is 0 Å². The maximum atomic E-state index is 14.7. The number of fused-ring (bicyclic) bond motifs is 1. The highest BCUT2D eigenvalue weighted by atomic mass is 32.2. The minimum atomic E-state index is -1.47. The number of H-pyrrole nitrogens is 1. The maximum Gasteiger partial charge on any atom is 0.197 e. The fraction of sp³-hybridized carbons (Fsp3) is 0.455. The first-order valence-electron chi connectivity index (χ1n) is 10.5. The first-order valence-corrected chi connectivity index (χ1v) is 11.8. The Morgan fingerprint density at radius 2 is 2.09 bits per heavy atom. The van der Waals surface area contributed by atoms with Crippen molar-refractivity contribution in [2.45, 2.75) is 24.3 Å². The van der Waals surface area contributed by atoms with Gasteiger partial charge >= 0.3 is 0 Å². The van der Waals surface area contributed by atoms with Crippen LogP contribution in [0.3, 0.4) is 0 Å². The van der Waals surface area contributed by atoms with E-state index in [1.807, 2.05) is 11.8 Å². The van der Waals surface area contributed by atoms with Gasteiger partial charge in [-0.25, -0.2) is 9.37 Å². The highest BCUT2D eigenvalue weighted by molar-refractivity contribution is 7.84. The summed E-state index contributed by atoms with van der Waals surface area (Å²) >= 11 is 0. The summed E-state index contributed by atoms with van der Waals surface area (Å²) in [6.45, 7) is 5.43. The lowest BCUT2D eigenvalue weighted by atomic mass is 10.2. The van der Waals surface area contributed by atoms with Gasteiger partial charge in [0.25, 0.3) is 0 Å². The summed E-state index contributed by atoms with van der Waals surface area (Å²) in [5.74, 6) is 0.556. The number of rotatable bonds is 9. The number of benzene rings is 1. The molecule has 0 bridgehead atoms. The van der Waals surface area contributed by atoms with E-state index in [1.165, 1.54) is 6.07 Å². The van der Waals surface area contributed by atoms with Gasteiger partial charge in [-0.05, 0) is 19.1 Å². The predicted octanol–water partition coefficient (Wildman–Crippen LogP) is 2.97. The number of anilines is 1. The molecule has 0 saturated carbocycles. The molecule has 3 heterocycles. The number of methoxy groups -OCH3 is 1. The molecule has 1 aliphatic rings. The molecular formula is C22H27FN4O4S. The Labute approximate surface area is 188 Å². The number of halogens is 1. The third-order valence-corrected chi connectivity index (χ3v) is 6.53. The fourth-order valence-corrected chi connectivity index (χ4v) is 4.69. The van der Waals surface area contributed by atoms with Crippen molar-refractivity contribution >= 4 is 27.5 Å². The number of ether oxygens (including phenoxy) is 3. The van der Waals surface area contributed by atoms with Gasteiger partial charge in [0.05, 0.1) is 58.8 Å². The van der Waals surface area contributed by atoms with E-state index in [4.69, 9.17) is 14.2 Å². The summed E-state index contributed by atoms with van der Waals surface area (Å²) in [5, 5.41) is 0.297. The number of hydrogen-bond donors (Lipinski definition) is 1. The van der Waals surface area contributed by atoms with E-state index in [9.17, 15) is 8.60 Å². The van der Waals surface area contributed by atoms with Gasteiger partial charge in [0.15, 0.2) is 5.16 Å². The number of imidazole rings is 1. The van der Waals surface area contributed by atoms with Gasteiger partial charge in [-0.1, -0.05) is 0 Å². The molecule has 1 fully saturated rings. The first kappa shape index (κ1) is 22.6. The summed E-state index contributed by atoms with van der Waals surface area (Å²) in [4.78, 5) is 13.8. The molecule has 0 aliphatic carbocycles. The second-order valence-corrected chi connectivity index (χ2v) is 8.89. The van der Waals surface area contributed by atoms with Gasteiger partial charge in [-0.2, -0.15) is 0 Å². The van der Waals surface area contributed by atoms with E-state index < -0.39 is 10.8 Å². The van der Waals surface area contributed by atoms with Gasteiger partial charge in [0.2, 0.25) is 0 Å². The van der Waals surface area contributed by atoms with Crippen LogP contribution in [0.4, 0.5) is 10.1 Å². The molecular weight excluding hydrogens is 435 g/mol. The Hall–Kier alpha value is -2.56. The van der Waals surface area contributed by atoms with Crippen molar-refractivity contribution in [1.29, 1.82) is 0 Å². The fourth-order valence-electron chi connectivity index (χ4n) is 3.59. The largest absolute Gasteiger partial charge is 0.493 e. The molecule has 3 aromatic rings. The average molecular weight is 463 g/mol. The Morgan fingerprint density at radius 3 is 2.88 bits per heavy atom. The van der Waals surface area contributed by atoms with E-state index in [2.05, 4.69) is 15.0 Å². The Balaban J connectivity index is 1.50. The number of pyridine rings is 1. The van der Waals surface area contributed by atoms with Crippen LogP contribution >= 0.6 is 0 Å². The molecule has 1 unspecified atom stereocenters. The lowest BCUT2D eigenvalue weighted by Gasteiger charge is -2.29. The summed E-state index contributed by atoms with van der Waals surface area (Å²) < 4.78 is 43.9. The normalized spacial score (nSPS) is 15.3. The van der Waals surface area contributed by atoms with Gasteiger partial charge in [0.1, 0.15) is 11.6 Å². The van der Waals surface area contributed by atoms with Crippen molar-refractivity contribution < 1.29 is 22.8 Å². The summed E-state index contributed by atoms with van der Waals surface area (Å²) in [6, 6.07) is 4.91. The molecule has 8 nitrogen and oxygen atoms in total. The quantitative estimate of drug-likeness (QED) is 0.489. The third kappa shape index (κ3) is 5.08. The second kappa shape index (κ2) is 10.4. The van der Waals surface area contributed by atoms with Crippen molar-refractivity contribution in [2.24, 2.45) is 0 Å². The van der Waals surface area contributed by atoms with Crippen LogP contribution in [0.25, 0.3) is 11.0 Å². The molecule has 1 atom stereocenters. The zero-order valence-corrected chi connectivity index (χ0v) is 19.0. The zero-order chi connectivity index (χ0) is 22.5. The van der Waals surface area contributed by atoms with Gasteiger partial charge in [0, 0.05) is 51.1 Å². The average Bonchev–Trinajstić information content (AvgIpc) is 3.22. The first-order chi connectivity index (χ1) is 15.6. The van der Waals surface area contributed by atoms with Crippen LogP contribution in [0.15, 0.2) is 29.6 Å². The highest BCUT2D eigenvalue weighted by Crippen LogP contribution is 2.27. The molecule has 0 spiro atoms. The molecule has 1 N–H and O–H groups in total. The van der Waals surface area contributed by atoms with Gasteiger partial charge < -0.3 is 24.1 Å². The maximum absolute atomic E-state index is 14.7. The molecule has 0 radical (unpaired) electrons. The Morgan fingerprint density at radius 1 is 1.28 bits per heavy atom. The van der Waals surface area contributed by atoms with Crippen LogP contribution in [0, 0.1) is 12.7 Å². The van der Waals surface area contributed by atoms with Crippen molar-refractivity contribution in [3.8, 4) is 5.75 Å². The molecule has 1 saturated heterocycles. The molecule has 0 amide bonds. The topological polar surface area (TPSA) is 89.6 Å². The molecule has 4 rings (SSSR count). The lowest BCUT2D eigenvalue weighted by molar-refractivity contribution is 0.122. The van der Waals surface area contributed by atoms with Crippen molar-refractivity contribution in [3.05, 3.63) is 41.5 Å². The van der Waals surface area contributed by atoms with Crippen LogP contribution in [0.2, 0.25) is 0 Å². The third-order valence-electron chi connectivity index (χ3n) is 5.37. The van der Waals surface area contributed by atoms with Gasteiger partial charge in [-0.15, -0.1) is 0 Å². The highest BCUT2D eigenvalue weighted by Gasteiger charge is 2.19. The van der Waals surface area contributed by atoms with E-state index in [1.54, 1.807) is 25.4 Å². The summed E-state index contributed by atoms with van der Waals surface area (Å²) in [5.41, 5.74) is 3.10. The molecule has 1 aliphatic heterocycles. The van der Waals surface area contributed by atoms with E-state index >= 15 is 0 Å². The van der Waals surface area contributed by atoms with Gasteiger partial charge in [-0.3, -0.25) is 9.19 Å². The van der Waals surface area contributed by atoms with E-state index in [0.29, 0.717) is 72.8 Å². The molecule has 10 heteroatoms. The van der Waals surface area contributed by atoms with Crippen molar-refractivity contribution in [2.75, 3.05) is 51.5 Å². The van der Waals surface area contributed by atoms with Crippen LogP contribution in [0.1, 0.15) is 17.7 Å². The predicted molar refractivity (Wildman–Crippen MR) is 120 cm³/mol. The SMILES string of the molecule is COCCCOc1ccnc(CS(=O)c2nc3cc(N4CCOCC4)c(F)cc3[nH]2)c1C. The number of aromatic nitrogens is 3. The summed E-state index contributed by atoms with van der Waals surface area (Å²) in [7, 11) is 0.181. The number of morpholine rings is 1. The summed E-state index contributed by atoms with van der Waals surface area (Å²) in [6.07, 6.45) is 2.43. The van der Waals surface area contributed by atoms with Crippen LogP contribution in [-0.4, -0.2) is 65.8 Å². The zero-order valence-electron chi connectivity index (χ0n) is 18.2. The molecule has 172 valence electrons. The Kier molecular flexibility index (Phi) is 7.33. The standard InChI is InChI=1S/C22H27FN4O4S/c1-15-19(24-5-4-21(15)31-9-3-8-29-2)14-32(28)22-25-17-12-16(23)20(13-18(17)26-22)27-6-10-30-11-7-27/h4-5,12-13H,3,6-11,14H2,1-2H3,(H,25,26). The minimum Gasteiger partial charge on any atom is -0.493 e. The van der Waals surface area contributed by atoms with Crippen LogP contribution < -0.4 is 9.64 Å². The molecule has 2 aromatic heterocycles. The van der Waals surface area contributed by atoms with Crippen molar-refractivity contribution in [1.82, 2.24) is 15.0 Å². The van der Waals surface area contributed by atoms with Crippen LogP contribution in [-0.2, 0) is 26.0 Å². The second-order valence-electron chi connectivity index (χ2n) is 7.53. The van der Waals surface area contributed by atoms with E-state index in [-0.39, 0.29) is 11.6 Å². The minimum absolute atomic E-state index is 0.180. The van der Waals surface area contributed by atoms with E-state index in [0.717, 1.165) is 12.0 Å². The number of nitrogens with zero attached hydrogens (tertiary/aromatic N) is 3. The smallest absolute Gasteiger partial charge is 0.197 e. The molecule has 32 heavy (non-hydrogen) atoms. The number of hydrogen-bond acceptors (Lipinski definition) is 7. The lowest BCUT2D eigenvalue weighted by Crippen LogP contribution is -2.36. The van der Waals surface area contributed by atoms with Crippen LogP contribution in [0.5, 0.6) is 5.75 Å². The molecule has 1 aromatic carbocycles. The number of nitrogens with one attached hydrogen (secondary N) is 1. The Bertz CT molecular complexity index is 1100. The number of aromatic amines is 1.